The van der Waals surface area contributed by atoms with Gasteiger partial charge in [0, 0.05) is 24.0 Å². The minimum Gasteiger partial charge on any atom is -0.388 e. The molecule has 0 unspecified atom stereocenters. The molecule has 0 aromatic carbocycles. The van der Waals surface area contributed by atoms with E-state index >= 15 is 0 Å². The van der Waals surface area contributed by atoms with Crippen molar-refractivity contribution in [3.05, 3.63) is 0 Å². The van der Waals surface area contributed by atoms with Crippen molar-refractivity contribution in [2.24, 2.45) is 10.4 Å². The predicted octanol–water partition coefficient (Wildman–Crippen LogP) is 2.77. The van der Waals surface area contributed by atoms with Crippen LogP contribution in [0.1, 0.15) is 66.7 Å². The van der Waals surface area contributed by atoms with Crippen molar-refractivity contribution in [3.8, 4) is 0 Å². The van der Waals surface area contributed by atoms with E-state index in [1.165, 1.54) is 6.42 Å². The van der Waals surface area contributed by atoms with Crippen molar-refractivity contribution in [3.63, 3.8) is 0 Å². The number of hydrogen-bond acceptors (Lipinski definition) is 2. The molecule has 0 atom stereocenters. The summed E-state index contributed by atoms with van der Waals surface area (Å²) in [5.41, 5.74) is -0.183. The molecule has 4 heteroatoms. The minimum absolute atomic E-state index is 0.100. The van der Waals surface area contributed by atoms with Gasteiger partial charge in [-0.1, -0.05) is 33.1 Å². The van der Waals surface area contributed by atoms with E-state index in [1.807, 2.05) is 0 Å². The average Bonchev–Trinajstić information content (AvgIpc) is 2.42. The molecular formula is C17H33N3O. The molecule has 4 nitrogen and oxygen atoms in total. The summed E-state index contributed by atoms with van der Waals surface area (Å²) >= 11 is 0. The summed E-state index contributed by atoms with van der Waals surface area (Å²) in [5.74, 6) is 0.959. The molecule has 2 N–H and O–H groups in total. The molecular weight excluding hydrogens is 262 g/mol. The van der Waals surface area contributed by atoms with Gasteiger partial charge in [0.15, 0.2) is 5.96 Å². The van der Waals surface area contributed by atoms with E-state index in [-0.39, 0.29) is 5.54 Å². The molecule has 2 rings (SSSR count). The topological polar surface area (TPSA) is 47.9 Å². The number of nitrogens with one attached hydrogen (secondary N) is 1. The van der Waals surface area contributed by atoms with Crippen LogP contribution in [0, 0.1) is 5.41 Å². The van der Waals surface area contributed by atoms with Crippen molar-refractivity contribution < 1.29 is 5.11 Å². The van der Waals surface area contributed by atoms with Crippen LogP contribution >= 0.6 is 0 Å². The lowest BCUT2D eigenvalue weighted by molar-refractivity contribution is -0.0673. The number of guanidine groups is 1. The zero-order chi connectivity index (χ0) is 15.7. The lowest BCUT2D eigenvalue weighted by Crippen LogP contribution is -2.72. The monoisotopic (exact) mass is 295 g/mol. The molecule has 1 aliphatic heterocycles. The molecule has 0 radical (unpaired) electrons. The van der Waals surface area contributed by atoms with Gasteiger partial charge in [-0.2, -0.15) is 0 Å². The predicted molar refractivity (Wildman–Crippen MR) is 88.6 cm³/mol. The smallest absolute Gasteiger partial charge is 0.194 e. The van der Waals surface area contributed by atoms with Crippen LogP contribution in [0.2, 0.25) is 0 Å². The Kier molecular flexibility index (Phi) is 4.57. The van der Waals surface area contributed by atoms with Crippen LogP contribution in [0.4, 0.5) is 0 Å². The second-order valence-electron chi connectivity index (χ2n) is 7.98. The summed E-state index contributed by atoms with van der Waals surface area (Å²) in [6.45, 7) is 13.7. The van der Waals surface area contributed by atoms with E-state index < -0.39 is 5.60 Å². The van der Waals surface area contributed by atoms with E-state index in [0.29, 0.717) is 12.0 Å². The van der Waals surface area contributed by atoms with Gasteiger partial charge in [-0.05, 0) is 33.6 Å². The third kappa shape index (κ3) is 3.20. The molecule has 21 heavy (non-hydrogen) atoms. The maximum absolute atomic E-state index is 10.6. The van der Waals surface area contributed by atoms with Crippen LogP contribution < -0.4 is 5.32 Å². The van der Waals surface area contributed by atoms with Gasteiger partial charge in [0.05, 0.1) is 12.1 Å². The number of hydrogen-bond donors (Lipinski definition) is 2. The average molecular weight is 295 g/mol. The van der Waals surface area contributed by atoms with Gasteiger partial charge in [0.25, 0.3) is 0 Å². The third-order valence-corrected chi connectivity index (χ3v) is 5.78. The Morgan fingerprint density at radius 1 is 1.14 bits per heavy atom. The Hall–Kier alpha value is -0.770. The summed E-state index contributed by atoms with van der Waals surface area (Å²) in [5, 5.41) is 14.0. The first kappa shape index (κ1) is 16.6. The first-order chi connectivity index (χ1) is 9.72. The van der Waals surface area contributed by atoms with E-state index in [2.05, 4.69) is 44.8 Å². The largest absolute Gasteiger partial charge is 0.388 e. The molecule has 1 heterocycles. The standard InChI is InChI=1S/C17H33N3O/c1-6-18-14(20-13-15(2,3)16(20,4)5)19-12-17(21)10-8-7-9-11-17/h21H,6-13H2,1-5H3,(H,18,19). The summed E-state index contributed by atoms with van der Waals surface area (Å²) < 4.78 is 0. The van der Waals surface area contributed by atoms with E-state index in [1.54, 1.807) is 0 Å². The quantitative estimate of drug-likeness (QED) is 0.622. The Labute approximate surface area is 130 Å². The van der Waals surface area contributed by atoms with Gasteiger partial charge in [0.2, 0.25) is 0 Å². The van der Waals surface area contributed by atoms with Gasteiger partial charge in [-0.25, -0.2) is 0 Å². The Morgan fingerprint density at radius 2 is 1.76 bits per heavy atom. The fourth-order valence-corrected chi connectivity index (χ4v) is 3.38. The second kappa shape index (κ2) is 5.79. The molecule has 0 amide bonds. The molecule has 1 saturated carbocycles. The number of aliphatic imine (C=N–C) groups is 1. The van der Waals surface area contributed by atoms with E-state index in [0.717, 1.165) is 44.7 Å². The summed E-state index contributed by atoms with van der Waals surface area (Å²) in [6, 6.07) is 0. The highest BCUT2D eigenvalue weighted by molar-refractivity contribution is 5.82. The SMILES string of the molecule is CCNC(=NCC1(O)CCCCC1)N1CC(C)(C)C1(C)C. The van der Waals surface area contributed by atoms with Gasteiger partial charge >= 0.3 is 0 Å². The maximum atomic E-state index is 10.6. The van der Waals surface area contributed by atoms with Crippen molar-refractivity contribution in [1.29, 1.82) is 0 Å². The van der Waals surface area contributed by atoms with Crippen molar-refractivity contribution in [2.75, 3.05) is 19.6 Å². The van der Waals surface area contributed by atoms with Crippen LogP contribution in [-0.4, -0.2) is 46.7 Å². The fraction of sp³-hybridized carbons (Fsp3) is 0.941. The highest BCUT2D eigenvalue weighted by Gasteiger charge is 2.53. The zero-order valence-electron chi connectivity index (χ0n) is 14.5. The molecule has 122 valence electrons. The van der Waals surface area contributed by atoms with E-state index in [4.69, 9.17) is 4.99 Å². The van der Waals surface area contributed by atoms with Gasteiger partial charge in [-0.15, -0.1) is 0 Å². The number of rotatable bonds is 3. The number of nitrogens with zero attached hydrogens (tertiary/aromatic N) is 2. The third-order valence-electron chi connectivity index (χ3n) is 5.78. The summed E-state index contributed by atoms with van der Waals surface area (Å²) in [6.07, 6.45) is 5.30. The lowest BCUT2D eigenvalue weighted by atomic mass is 9.65. The number of likely N-dealkylation sites (tertiary alicyclic amines) is 1. The highest BCUT2D eigenvalue weighted by atomic mass is 16.3. The van der Waals surface area contributed by atoms with Crippen molar-refractivity contribution in [2.45, 2.75) is 77.9 Å². The van der Waals surface area contributed by atoms with Crippen LogP contribution in [0.3, 0.4) is 0 Å². The minimum atomic E-state index is -0.580. The second-order valence-corrected chi connectivity index (χ2v) is 7.98. The number of aliphatic hydroxyl groups is 1. The Balaban J connectivity index is 2.07. The van der Waals surface area contributed by atoms with E-state index in [9.17, 15) is 5.11 Å². The normalized spacial score (nSPS) is 27.1. The molecule has 0 aromatic heterocycles. The molecule has 2 fully saturated rings. The molecule has 0 aromatic rings. The van der Waals surface area contributed by atoms with Gasteiger partial charge in [-0.3, -0.25) is 4.99 Å². The van der Waals surface area contributed by atoms with Crippen LogP contribution in [0.25, 0.3) is 0 Å². The summed E-state index contributed by atoms with van der Waals surface area (Å²) in [4.78, 5) is 7.12. The molecule has 0 bridgehead atoms. The van der Waals surface area contributed by atoms with Crippen LogP contribution in [0.15, 0.2) is 4.99 Å². The maximum Gasteiger partial charge on any atom is 0.194 e. The zero-order valence-corrected chi connectivity index (χ0v) is 14.5. The van der Waals surface area contributed by atoms with Crippen molar-refractivity contribution in [1.82, 2.24) is 10.2 Å². The van der Waals surface area contributed by atoms with Crippen LogP contribution in [-0.2, 0) is 0 Å². The van der Waals surface area contributed by atoms with Crippen LogP contribution in [0.5, 0.6) is 0 Å². The first-order valence-electron chi connectivity index (χ1n) is 8.50. The lowest BCUT2D eigenvalue weighted by Gasteiger charge is -2.62. The molecule has 2 aliphatic rings. The highest BCUT2D eigenvalue weighted by Crippen LogP contribution is 2.46. The first-order valence-corrected chi connectivity index (χ1v) is 8.50. The molecule has 1 aliphatic carbocycles. The molecule has 1 saturated heterocycles. The summed E-state index contributed by atoms with van der Waals surface area (Å²) in [7, 11) is 0. The Bertz CT molecular complexity index is 395. The van der Waals surface area contributed by atoms with Gasteiger partial charge < -0.3 is 15.3 Å². The van der Waals surface area contributed by atoms with Gasteiger partial charge in [0.1, 0.15) is 0 Å². The fourth-order valence-electron chi connectivity index (χ4n) is 3.38. The van der Waals surface area contributed by atoms with Crippen molar-refractivity contribution >= 4 is 5.96 Å². The Morgan fingerprint density at radius 3 is 2.24 bits per heavy atom. The molecule has 0 spiro atoms.